The molecule has 0 aliphatic carbocycles. The number of hydrogen-bond acceptors (Lipinski definition) is 7. The number of benzene rings is 1. The first kappa shape index (κ1) is 20.7. The van der Waals surface area contributed by atoms with Gasteiger partial charge in [0, 0.05) is 49.8 Å². The van der Waals surface area contributed by atoms with Crippen LogP contribution in [0.1, 0.15) is 33.7 Å². The van der Waals surface area contributed by atoms with Gasteiger partial charge in [-0.05, 0) is 67.6 Å². The molecule has 1 N–H and O–H groups in total. The normalized spacial score (nSPS) is 24.9. The molecular formula is C24H27N5O3S. The highest BCUT2D eigenvalue weighted by Gasteiger charge is 2.35. The Morgan fingerprint density at radius 1 is 1.06 bits per heavy atom. The third kappa shape index (κ3) is 3.89. The lowest BCUT2D eigenvalue weighted by Gasteiger charge is -2.44. The van der Waals surface area contributed by atoms with E-state index in [1.54, 1.807) is 6.07 Å². The van der Waals surface area contributed by atoms with Gasteiger partial charge in [-0.1, -0.05) is 0 Å². The average Bonchev–Trinajstić information content (AvgIpc) is 3.54. The van der Waals surface area contributed by atoms with Crippen molar-refractivity contribution in [3.05, 3.63) is 48.0 Å². The number of anilines is 1. The number of furan rings is 1. The van der Waals surface area contributed by atoms with E-state index in [0.29, 0.717) is 30.3 Å². The number of hydrogen-bond donors (Lipinski definition) is 1. The molecule has 172 valence electrons. The highest BCUT2D eigenvalue weighted by Crippen LogP contribution is 2.30. The van der Waals surface area contributed by atoms with Crippen molar-refractivity contribution in [1.82, 2.24) is 19.5 Å². The van der Waals surface area contributed by atoms with Crippen LogP contribution in [0.3, 0.4) is 0 Å². The van der Waals surface area contributed by atoms with Crippen LogP contribution in [0, 0.1) is 5.92 Å². The zero-order valence-corrected chi connectivity index (χ0v) is 19.2. The second-order valence-corrected chi connectivity index (χ2v) is 10.0. The molecule has 2 bridgehead atoms. The van der Waals surface area contributed by atoms with Crippen LogP contribution in [0.4, 0.5) is 5.69 Å². The van der Waals surface area contributed by atoms with E-state index in [1.807, 2.05) is 11.0 Å². The van der Waals surface area contributed by atoms with Crippen molar-refractivity contribution >= 4 is 39.1 Å². The maximum absolute atomic E-state index is 13.0. The van der Waals surface area contributed by atoms with E-state index in [0.717, 1.165) is 48.5 Å². The molecule has 4 aliphatic rings. The molecule has 0 spiro atoms. The maximum atomic E-state index is 13.0. The first-order chi connectivity index (χ1) is 16.2. The van der Waals surface area contributed by atoms with Crippen LogP contribution in [0.15, 0.2) is 41.2 Å². The van der Waals surface area contributed by atoms with Gasteiger partial charge in [-0.15, -0.1) is 0 Å². The fraction of sp³-hybridized carbons (Fsp3) is 0.458. The van der Waals surface area contributed by atoms with Gasteiger partial charge in [0.25, 0.3) is 11.8 Å². The molecule has 4 aliphatic heterocycles. The van der Waals surface area contributed by atoms with Gasteiger partial charge >= 0.3 is 0 Å². The van der Waals surface area contributed by atoms with Crippen LogP contribution < -0.4 is 10.2 Å². The summed E-state index contributed by atoms with van der Waals surface area (Å²) in [5, 5.41) is 4.17. The van der Waals surface area contributed by atoms with E-state index in [1.165, 1.54) is 36.9 Å². The molecule has 3 aromatic rings. The summed E-state index contributed by atoms with van der Waals surface area (Å²) in [4.78, 5) is 32.1. The molecule has 4 fully saturated rings. The minimum Gasteiger partial charge on any atom is -0.472 e. The summed E-state index contributed by atoms with van der Waals surface area (Å²) in [7, 11) is 0. The van der Waals surface area contributed by atoms with E-state index < -0.39 is 0 Å². The number of piperidine rings is 3. The first-order valence-electron chi connectivity index (χ1n) is 11.6. The van der Waals surface area contributed by atoms with Crippen LogP contribution in [-0.2, 0) is 0 Å². The summed E-state index contributed by atoms with van der Waals surface area (Å²) in [5.74, 6) is 0.550. The molecule has 0 unspecified atom stereocenters. The standard InChI is InChI=1S/C24H27N5O3S/c30-23(25-20-14-27-6-3-16(20)4-7-27)22-19-2-1-18(13-21(19)33-26-22)28-8-10-29(11-9-28)24(31)17-5-12-32-15-17/h1-2,5,12-13,15-16,20H,3-4,6-11,14H2,(H,25,30)/t20-/m1/s1. The molecule has 2 aromatic heterocycles. The largest absolute Gasteiger partial charge is 0.472 e. The van der Waals surface area contributed by atoms with Crippen LogP contribution in [0.5, 0.6) is 0 Å². The lowest BCUT2D eigenvalue weighted by atomic mass is 9.84. The molecule has 33 heavy (non-hydrogen) atoms. The lowest BCUT2D eigenvalue weighted by molar-refractivity contribution is 0.0619. The molecule has 4 saturated heterocycles. The molecule has 0 saturated carbocycles. The molecule has 6 heterocycles. The SMILES string of the molecule is O=C(N[C@@H]1CN2CCC1CC2)c1nsc2cc(N3CCN(C(=O)c4ccoc4)CC3)ccc12. The average molecular weight is 466 g/mol. The summed E-state index contributed by atoms with van der Waals surface area (Å²) < 4.78 is 10.6. The van der Waals surface area contributed by atoms with Gasteiger partial charge in [0.1, 0.15) is 12.0 Å². The van der Waals surface area contributed by atoms with Gasteiger partial charge in [0.15, 0.2) is 0 Å². The van der Waals surface area contributed by atoms with Crippen molar-refractivity contribution in [2.75, 3.05) is 50.7 Å². The van der Waals surface area contributed by atoms with Gasteiger partial charge in [-0.25, -0.2) is 0 Å². The number of amides is 2. The molecule has 7 rings (SSSR count). The number of carbonyl (C=O) groups excluding carboxylic acids is 2. The van der Waals surface area contributed by atoms with Crippen LogP contribution in [0.25, 0.3) is 10.1 Å². The summed E-state index contributed by atoms with van der Waals surface area (Å²) in [6, 6.07) is 8.14. The third-order valence-corrected chi connectivity index (χ3v) is 8.15. The molecule has 9 heteroatoms. The summed E-state index contributed by atoms with van der Waals surface area (Å²) in [6.45, 7) is 6.13. The van der Waals surface area contributed by atoms with Crippen molar-refractivity contribution in [2.45, 2.75) is 18.9 Å². The Bertz CT molecular complexity index is 1160. The Balaban J connectivity index is 1.12. The lowest BCUT2D eigenvalue weighted by Crippen LogP contribution is -2.57. The Kier molecular flexibility index (Phi) is 5.30. The minimum atomic E-state index is -0.0564. The molecule has 1 atom stereocenters. The molecule has 2 amide bonds. The number of fused-ring (bicyclic) bond motifs is 4. The monoisotopic (exact) mass is 465 g/mol. The van der Waals surface area contributed by atoms with E-state index in [-0.39, 0.29) is 17.9 Å². The number of nitrogens with one attached hydrogen (secondary N) is 1. The molecular weight excluding hydrogens is 438 g/mol. The molecule has 8 nitrogen and oxygen atoms in total. The van der Waals surface area contributed by atoms with E-state index in [4.69, 9.17) is 4.42 Å². The van der Waals surface area contributed by atoms with E-state index in [9.17, 15) is 9.59 Å². The number of rotatable bonds is 4. The van der Waals surface area contributed by atoms with Crippen LogP contribution in [-0.4, -0.2) is 77.8 Å². The highest BCUT2D eigenvalue weighted by atomic mass is 32.1. The van der Waals surface area contributed by atoms with E-state index >= 15 is 0 Å². The third-order valence-electron chi connectivity index (χ3n) is 7.34. The number of carbonyl (C=O) groups is 2. The Morgan fingerprint density at radius 2 is 1.88 bits per heavy atom. The summed E-state index contributed by atoms with van der Waals surface area (Å²) in [6.07, 6.45) is 5.37. The smallest absolute Gasteiger partial charge is 0.271 e. The Morgan fingerprint density at radius 3 is 2.58 bits per heavy atom. The van der Waals surface area contributed by atoms with Gasteiger partial charge in [0.05, 0.1) is 16.5 Å². The zero-order valence-electron chi connectivity index (χ0n) is 18.4. The maximum Gasteiger partial charge on any atom is 0.271 e. The van der Waals surface area contributed by atoms with Gasteiger partial charge in [0.2, 0.25) is 0 Å². The second-order valence-electron chi connectivity index (χ2n) is 9.22. The molecule has 1 aromatic carbocycles. The predicted octanol–water partition coefficient (Wildman–Crippen LogP) is 2.68. The van der Waals surface area contributed by atoms with Crippen LogP contribution in [0.2, 0.25) is 0 Å². The number of aromatic nitrogens is 1. The van der Waals surface area contributed by atoms with Crippen molar-refractivity contribution in [1.29, 1.82) is 0 Å². The fourth-order valence-corrected chi connectivity index (χ4v) is 6.20. The number of nitrogens with zero attached hydrogens (tertiary/aromatic N) is 4. The summed E-state index contributed by atoms with van der Waals surface area (Å²) in [5.41, 5.74) is 2.23. The highest BCUT2D eigenvalue weighted by molar-refractivity contribution is 7.13. The van der Waals surface area contributed by atoms with Crippen molar-refractivity contribution in [3.8, 4) is 0 Å². The predicted molar refractivity (Wildman–Crippen MR) is 127 cm³/mol. The fourth-order valence-electron chi connectivity index (χ4n) is 5.39. The zero-order chi connectivity index (χ0) is 22.4. The number of piperazine rings is 1. The van der Waals surface area contributed by atoms with Crippen molar-refractivity contribution in [3.63, 3.8) is 0 Å². The Labute approximate surface area is 196 Å². The minimum absolute atomic E-state index is 0.0138. The quantitative estimate of drug-likeness (QED) is 0.638. The van der Waals surface area contributed by atoms with Crippen molar-refractivity contribution in [2.24, 2.45) is 5.92 Å². The first-order valence-corrected chi connectivity index (χ1v) is 12.4. The van der Waals surface area contributed by atoms with Crippen LogP contribution >= 0.6 is 11.5 Å². The second kappa shape index (κ2) is 8.46. The molecule has 0 radical (unpaired) electrons. The Hall–Kier alpha value is -2.91. The summed E-state index contributed by atoms with van der Waals surface area (Å²) >= 11 is 1.38. The van der Waals surface area contributed by atoms with Gasteiger partial charge in [-0.2, -0.15) is 4.37 Å². The van der Waals surface area contributed by atoms with Crippen molar-refractivity contribution < 1.29 is 14.0 Å². The van der Waals surface area contributed by atoms with Gasteiger partial charge < -0.3 is 24.4 Å². The van der Waals surface area contributed by atoms with Gasteiger partial charge in [-0.3, -0.25) is 9.59 Å². The topological polar surface area (TPSA) is 81.9 Å². The van der Waals surface area contributed by atoms with E-state index in [2.05, 4.69) is 31.6 Å².